The number of ether oxygens (including phenoxy) is 1. The highest BCUT2D eigenvalue weighted by Gasteiger charge is 2.28. The predicted octanol–water partition coefficient (Wildman–Crippen LogP) is 2.16. The van der Waals surface area contributed by atoms with E-state index in [1.54, 1.807) is 0 Å². The fraction of sp³-hybridized carbons (Fsp3) is 0.500. The summed E-state index contributed by atoms with van der Waals surface area (Å²) in [5, 5.41) is 2.48. The Morgan fingerprint density at radius 2 is 2.19 bits per heavy atom. The van der Waals surface area contributed by atoms with Crippen LogP contribution in [0.3, 0.4) is 0 Å². The van der Waals surface area contributed by atoms with Crippen LogP contribution in [0, 0.1) is 0 Å². The van der Waals surface area contributed by atoms with Crippen molar-refractivity contribution in [2.24, 2.45) is 0 Å². The summed E-state index contributed by atoms with van der Waals surface area (Å²) in [6, 6.07) is 7.17. The van der Waals surface area contributed by atoms with Gasteiger partial charge in [0.25, 0.3) is 0 Å². The van der Waals surface area contributed by atoms with Crippen molar-refractivity contribution in [3.05, 3.63) is 35.4 Å². The lowest BCUT2D eigenvalue weighted by atomic mass is 9.94. The molecule has 2 rings (SSSR count). The smallest absolute Gasteiger partial charge is 0.140 e. The van der Waals surface area contributed by atoms with Crippen LogP contribution in [-0.2, 0) is 11.2 Å². The third-order valence-corrected chi connectivity index (χ3v) is 2.90. The van der Waals surface area contributed by atoms with Crippen molar-refractivity contribution in [3.8, 4) is 0 Å². The van der Waals surface area contributed by atoms with Gasteiger partial charge in [0.15, 0.2) is 0 Å². The van der Waals surface area contributed by atoms with E-state index in [1.807, 2.05) is 24.3 Å². The summed E-state index contributed by atoms with van der Waals surface area (Å²) in [4.78, 5) is 0. The lowest BCUT2D eigenvalue weighted by Crippen LogP contribution is -2.39. The average Bonchev–Trinajstić information content (AvgIpc) is 2.35. The highest BCUT2D eigenvalue weighted by Crippen LogP contribution is 2.29. The van der Waals surface area contributed by atoms with E-state index in [-0.39, 0.29) is 6.10 Å². The molecule has 1 aliphatic heterocycles. The molecule has 1 aromatic rings. The van der Waals surface area contributed by atoms with Crippen LogP contribution in [0.1, 0.15) is 17.2 Å². The molecule has 88 valence electrons. The van der Waals surface area contributed by atoms with E-state index in [9.17, 15) is 8.78 Å². The zero-order valence-corrected chi connectivity index (χ0v) is 8.96. The number of alkyl halides is 2. The minimum atomic E-state index is -0.739. The lowest BCUT2D eigenvalue weighted by molar-refractivity contribution is 0.00657. The Kier molecular flexibility index (Phi) is 3.85. The summed E-state index contributed by atoms with van der Waals surface area (Å²) in [5.74, 6) is 0. The summed E-state index contributed by atoms with van der Waals surface area (Å²) in [6.45, 7) is -0.814. The van der Waals surface area contributed by atoms with Crippen LogP contribution >= 0.6 is 0 Å². The molecule has 0 saturated carbocycles. The summed E-state index contributed by atoms with van der Waals surface area (Å²) >= 11 is 0. The van der Waals surface area contributed by atoms with Crippen LogP contribution in [0.4, 0.5) is 8.78 Å². The second kappa shape index (κ2) is 5.37. The van der Waals surface area contributed by atoms with E-state index in [4.69, 9.17) is 4.74 Å². The van der Waals surface area contributed by atoms with E-state index < -0.39 is 19.5 Å². The number of fused-ring (bicyclic) bond motifs is 1. The Morgan fingerprint density at radius 1 is 1.38 bits per heavy atom. The van der Waals surface area contributed by atoms with Gasteiger partial charge in [-0.25, -0.2) is 8.78 Å². The van der Waals surface area contributed by atoms with Gasteiger partial charge in [0.2, 0.25) is 0 Å². The molecule has 0 radical (unpaired) electrons. The van der Waals surface area contributed by atoms with Crippen LogP contribution in [0.15, 0.2) is 24.3 Å². The van der Waals surface area contributed by atoms with Crippen molar-refractivity contribution in [3.63, 3.8) is 0 Å². The number of hydrogen-bond acceptors (Lipinski definition) is 2. The molecule has 2 atom stereocenters. The van der Waals surface area contributed by atoms with Gasteiger partial charge < -0.3 is 4.74 Å². The quantitative estimate of drug-likeness (QED) is 0.796. The van der Waals surface area contributed by atoms with E-state index in [0.717, 1.165) is 17.5 Å². The first-order valence-electron chi connectivity index (χ1n) is 5.41. The maximum Gasteiger partial charge on any atom is 0.140 e. The number of benzene rings is 1. The third-order valence-electron chi connectivity index (χ3n) is 2.90. The molecule has 1 heterocycles. The fourth-order valence-corrected chi connectivity index (χ4v) is 2.10. The molecule has 16 heavy (non-hydrogen) atoms. The van der Waals surface area contributed by atoms with Crippen molar-refractivity contribution in [1.29, 1.82) is 0 Å². The van der Waals surface area contributed by atoms with Gasteiger partial charge in [-0.1, -0.05) is 24.3 Å². The largest absolute Gasteiger partial charge is 0.371 e. The monoisotopic (exact) mass is 227 g/mol. The fourth-order valence-electron chi connectivity index (χ4n) is 2.10. The van der Waals surface area contributed by atoms with Crippen molar-refractivity contribution in [2.45, 2.75) is 18.6 Å². The average molecular weight is 227 g/mol. The second-order valence-electron chi connectivity index (χ2n) is 3.84. The third kappa shape index (κ3) is 2.23. The Bertz CT molecular complexity index is 346. The zero-order chi connectivity index (χ0) is 11.4. The molecule has 1 aliphatic rings. The topological polar surface area (TPSA) is 21.3 Å². The van der Waals surface area contributed by atoms with Crippen LogP contribution in [0.2, 0.25) is 0 Å². The van der Waals surface area contributed by atoms with Crippen molar-refractivity contribution >= 4 is 0 Å². The van der Waals surface area contributed by atoms with Crippen molar-refractivity contribution < 1.29 is 13.5 Å². The number of nitrogens with one attached hydrogen (secondary N) is 1. The SMILES string of the molecule is FCN[C@@H](CF)[C@@H]1OCCc2ccccc21. The molecule has 0 amide bonds. The first-order valence-corrected chi connectivity index (χ1v) is 5.41. The Balaban J connectivity index is 2.23. The van der Waals surface area contributed by atoms with E-state index >= 15 is 0 Å². The predicted molar refractivity (Wildman–Crippen MR) is 57.7 cm³/mol. The van der Waals surface area contributed by atoms with Crippen LogP contribution in [-0.4, -0.2) is 26.1 Å². The van der Waals surface area contributed by atoms with Crippen LogP contribution in [0.25, 0.3) is 0 Å². The normalized spacial score (nSPS) is 21.5. The highest BCUT2D eigenvalue weighted by atomic mass is 19.1. The maximum absolute atomic E-state index is 12.8. The summed E-state index contributed by atoms with van der Waals surface area (Å²) in [6.07, 6.45) is 0.451. The molecule has 0 unspecified atom stereocenters. The Morgan fingerprint density at radius 3 is 2.94 bits per heavy atom. The molecular formula is C12H15F2NO. The molecule has 1 aromatic carbocycles. The van der Waals surface area contributed by atoms with Gasteiger partial charge in [-0.2, -0.15) is 0 Å². The Labute approximate surface area is 93.6 Å². The Hall–Kier alpha value is -1.00. The summed E-state index contributed by atoms with van der Waals surface area (Å²) < 4.78 is 30.6. The summed E-state index contributed by atoms with van der Waals surface area (Å²) in [7, 11) is 0. The molecule has 2 nitrogen and oxygen atoms in total. The summed E-state index contributed by atoms with van der Waals surface area (Å²) in [5.41, 5.74) is 2.13. The van der Waals surface area contributed by atoms with Gasteiger partial charge in [0.05, 0.1) is 12.6 Å². The van der Waals surface area contributed by atoms with Gasteiger partial charge in [-0.15, -0.1) is 0 Å². The molecule has 4 heteroatoms. The van der Waals surface area contributed by atoms with Crippen LogP contribution < -0.4 is 5.32 Å². The number of rotatable bonds is 4. The molecule has 0 bridgehead atoms. The molecule has 0 aromatic heterocycles. The van der Waals surface area contributed by atoms with Gasteiger partial charge in [-0.3, -0.25) is 5.32 Å². The van der Waals surface area contributed by atoms with Crippen molar-refractivity contribution in [2.75, 3.05) is 20.1 Å². The minimum Gasteiger partial charge on any atom is -0.371 e. The molecular weight excluding hydrogens is 212 g/mol. The first-order chi connectivity index (χ1) is 7.86. The minimum absolute atomic E-state index is 0.384. The van der Waals surface area contributed by atoms with Crippen molar-refractivity contribution in [1.82, 2.24) is 5.32 Å². The zero-order valence-electron chi connectivity index (χ0n) is 8.96. The molecule has 0 saturated heterocycles. The first kappa shape index (κ1) is 11.5. The van der Waals surface area contributed by atoms with Gasteiger partial charge in [-0.05, 0) is 17.5 Å². The van der Waals surface area contributed by atoms with E-state index in [1.165, 1.54) is 0 Å². The highest BCUT2D eigenvalue weighted by molar-refractivity contribution is 5.31. The molecule has 0 spiro atoms. The maximum atomic E-state index is 12.8. The van der Waals surface area contributed by atoms with Gasteiger partial charge >= 0.3 is 0 Å². The second-order valence-corrected chi connectivity index (χ2v) is 3.84. The van der Waals surface area contributed by atoms with Crippen LogP contribution in [0.5, 0.6) is 0 Å². The standard InChI is InChI=1S/C12H15F2NO/c13-7-11(15-8-14)12-10-4-2-1-3-9(10)5-6-16-12/h1-4,11-12,15H,5-8H2/t11-,12+/m0/s1. The number of hydrogen-bond donors (Lipinski definition) is 1. The lowest BCUT2D eigenvalue weighted by Gasteiger charge is -2.31. The van der Waals surface area contributed by atoms with E-state index in [0.29, 0.717) is 6.61 Å². The van der Waals surface area contributed by atoms with Gasteiger partial charge in [0, 0.05) is 0 Å². The molecule has 0 aliphatic carbocycles. The van der Waals surface area contributed by atoms with Gasteiger partial charge in [0.1, 0.15) is 19.6 Å². The molecule has 0 fully saturated rings. The number of halogens is 2. The molecule has 1 N–H and O–H groups in total. The van der Waals surface area contributed by atoms with E-state index in [2.05, 4.69) is 5.32 Å².